The van der Waals surface area contributed by atoms with Gasteiger partial charge in [-0.2, -0.15) is 0 Å². The van der Waals surface area contributed by atoms with Gasteiger partial charge in [-0.3, -0.25) is 0 Å². The molecular weight excluding hydrogens is 336 g/mol. The summed E-state index contributed by atoms with van der Waals surface area (Å²) in [5.74, 6) is 0. The Morgan fingerprint density at radius 3 is 1.64 bits per heavy atom. The van der Waals surface area contributed by atoms with Crippen molar-refractivity contribution in [2.45, 2.75) is 13.8 Å². The van der Waals surface area contributed by atoms with Crippen LogP contribution in [-0.2, 0) is 0 Å². The van der Waals surface area contributed by atoms with Gasteiger partial charge in [-0.25, -0.2) is 0 Å². The van der Waals surface area contributed by atoms with Gasteiger partial charge >= 0.3 is 0 Å². The molecule has 136 valence electrons. The summed E-state index contributed by atoms with van der Waals surface area (Å²) in [6.07, 6.45) is 2.34. The van der Waals surface area contributed by atoms with Gasteiger partial charge in [0.05, 0.1) is 0 Å². The highest BCUT2D eigenvalue weighted by Crippen LogP contribution is 2.33. The SMILES string of the molecule is Cc1ccccc1C(=Cc1ccccc1-c1ccccc1)c1ccccc1C. The van der Waals surface area contributed by atoms with Crippen LogP contribution in [0.25, 0.3) is 22.8 Å². The second-order valence-electron chi connectivity index (χ2n) is 7.14. The van der Waals surface area contributed by atoms with Crippen molar-refractivity contribution >= 4 is 11.6 Å². The van der Waals surface area contributed by atoms with Crippen LogP contribution in [0.5, 0.6) is 0 Å². The van der Waals surface area contributed by atoms with Gasteiger partial charge in [-0.15, -0.1) is 0 Å². The van der Waals surface area contributed by atoms with Crippen LogP contribution in [0.4, 0.5) is 0 Å². The van der Waals surface area contributed by atoms with E-state index in [0.29, 0.717) is 0 Å². The van der Waals surface area contributed by atoms with Crippen molar-refractivity contribution in [3.05, 3.63) is 131 Å². The molecular formula is C28H24. The molecule has 0 N–H and O–H groups in total. The van der Waals surface area contributed by atoms with Gasteiger partial charge in [0, 0.05) is 0 Å². The lowest BCUT2D eigenvalue weighted by Crippen LogP contribution is -1.95. The average molecular weight is 361 g/mol. The summed E-state index contributed by atoms with van der Waals surface area (Å²) >= 11 is 0. The molecule has 0 nitrogen and oxygen atoms in total. The smallest absolute Gasteiger partial charge is 0.00999 e. The summed E-state index contributed by atoms with van der Waals surface area (Å²) in [7, 11) is 0. The molecule has 0 aromatic heterocycles. The van der Waals surface area contributed by atoms with E-state index in [-0.39, 0.29) is 0 Å². The van der Waals surface area contributed by atoms with Gasteiger partial charge in [0.1, 0.15) is 0 Å². The third-order valence-electron chi connectivity index (χ3n) is 5.22. The fourth-order valence-electron chi connectivity index (χ4n) is 3.71. The highest BCUT2D eigenvalue weighted by molar-refractivity contribution is 5.95. The Bertz CT molecular complexity index is 1070. The minimum absolute atomic E-state index is 1.23. The van der Waals surface area contributed by atoms with Gasteiger partial charge in [-0.05, 0) is 64.4 Å². The predicted molar refractivity (Wildman–Crippen MR) is 121 cm³/mol. The Kier molecular flexibility index (Phi) is 5.21. The fourth-order valence-corrected chi connectivity index (χ4v) is 3.71. The summed E-state index contributed by atoms with van der Waals surface area (Å²) < 4.78 is 0. The molecule has 28 heavy (non-hydrogen) atoms. The van der Waals surface area contributed by atoms with Crippen LogP contribution in [0.2, 0.25) is 0 Å². The van der Waals surface area contributed by atoms with Gasteiger partial charge in [0.2, 0.25) is 0 Å². The Labute approximate surface area is 167 Å². The summed E-state index contributed by atoms with van der Waals surface area (Å²) in [6.45, 7) is 4.37. The Balaban J connectivity index is 1.96. The molecule has 4 rings (SSSR count). The minimum atomic E-state index is 1.23. The first kappa shape index (κ1) is 18.0. The normalized spacial score (nSPS) is 10.5. The molecule has 4 aromatic rings. The van der Waals surface area contributed by atoms with E-state index in [4.69, 9.17) is 0 Å². The number of benzene rings is 4. The first-order valence-electron chi connectivity index (χ1n) is 9.72. The Hall–Kier alpha value is -3.38. The quantitative estimate of drug-likeness (QED) is 0.329. The zero-order valence-electron chi connectivity index (χ0n) is 16.4. The zero-order valence-corrected chi connectivity index (χ0v) is 16.4. The van der Waals surface area contributed by atoms with Crippen LogP contribution >= 0.6 is 0 Å². The second kappa shape index (κ2) is 8.10. The van der Waals surface area contributed by atoms with Crippen molar-refractivity contribution in [2.75, 3.05) is 0 Å². The number of rotatable bonds is 4. The molecule has 0 saturated heterocycles. The van der Waals surface area contributed by atoms with Crippen LogP contribution in [0.15, 0.2) is 103 Å². The highest BCUT2D eigenvalue weighted by atomic mass is 14.2. The maximum absolute atomic E-state index is 2.34. The fraction of sp³-hybridized carbons (Fsp3) is 0.0714. The first-order valence-corrected chi connectivity index (χ1v) is 9.72. The number of hydrogen-bond donors (Lipinski definition) is 0. The van der Waals surface area contributed by atoms with Crippen molar-refractivity contribution < 1.29 is 0 Å². The monoisotopic (exact) mass is 360 g/mol. The lowest BCUT2D eigenvalue weighted by atomic mass is 9.89. The van der Waals surface area contributed by atoms with Crippen LogP contribution < -0.4 is 0 Å². The third kappa shape index (κ3) is 3.68. The van der Waals surface area contributed by atoms with Crippen LogP contribution in [-0.4, -0.2) is 0 Å². The minimum Gasteiger partial charge on any atom is -0.0622 e. The van der Waals surface area contributed by atoms with Crippen molar-refractivity contribution in [3.8, 4) is 11.1 Å². The third-order valence-corrected chi connectivity index (χ3v) is 5.22. The average Bonchev–Trinajstić information content (AvgIpc) is 2.74. The lowest BCUT2D eigenvalue weighted by Gasteiger charge is -2.15. The number of aryl methyl sites for hydroxylation is 2. The lowest BCUT2D eigenvalue weighted by molar-refractivity contribution is 1.38. The van der Waals surface area contributed by atoms with Crippen LogP contribution in [0.3, 0.4) is 0 Å². The van der Waals surface area contributed by atoms with E-state index < -0.39 is 0 Å². The molecule has 0 spiro atoms. The molecule has 0 aliphatic rings. The van der Waals surface area contributed by atoms with Crippen molar-refractivity contribution in [1.29, 1.82) is 0 Å². The van der Waals surface area contributed by atoms with E-state index >= 15 is 0 Å². The molecule has 0 atom stereocenters. The van der Waals surface area contributed by atoms with E-state index in [1.165, 1.54) is 44.5 Å². The van der Waals surface area contributed by atoms with E-state index in [0.717, 1.165) is 0 Å². The molecule has 0 aliphatic carbocycles. The van der Waals surface area contributed by atoms with Crippen molar-refractivity contribution in [2.24, 2.45) is 0 Å². The molecule has 0 fully saturated rings. The summed E-state index contributed by atoms with van der Waals surface area (Å²) in [4.78, 5) is 0. The van der Waals surface area contributed by atoms with E-state index in [1.54, 1.807) is 0 Å². The van der Waals surface area contributed by atoms with Gasteiger partial charge in [-0.1, -0.05) is 103 Å². The van der Waals surface area contributed by atoms with Gasteiger partial charge in [0.25, 0.3) is 0 Å². The zero-order chi connectivity index (χ0) is 19.3. The molecule has 0 heteroatoms. The number of hydrogen-bond acceptors (Lipinski definition) is 0. The molecule has 0 heterocycles. The van der Waals surface area contributed by atoms with Crippen LogP contribution in [0.1, 0.15) is 27.8 Å². The predicted octanol–water partition coefficient (Wildman–Crippen LogP) is 7.56. The maximum Gasteiger partial charge on any atom is -0.00999 e. The molecule has 4 aromatic carbocycles. The maximum atomic E-state index is 2.34. The molecule has 0 bridgehead atoms. The summed E-state index contributed by atoms with van der Waals surface area (Å²) in [6, 6.07) is 36.5. The topological polar surface area (TPSA) is 0 Å². The summed E-state index contributed by atoms with van der Waals surface area (Å²) in [5.41, 5.74) is 10.1. The highest BCUT2D eigenvalue weighted by Gasteiger charge is 2.11. The van der Waals surface area contributed by atoms with E-state index in [2.05, 4.69) is 123 Å². The van der Waals surface area contributed by atoms with Crippen molar-refractivity contribution in [1.82, 2.24) is 0 Å². The summed E-state index contributed by atoms with van der Waals surface area (Å²) in [5, 5.41) is 0. The molecule has 0 radical (unpaired) electrons. The molecule has 0 aliphatic heterocycles. The van der Waals surface area contributed by atoms with Gasteiger partial charge < -0.3 is 0 Å². The Morgan fingerprint density at radius 1 is 0.536 bits per heavy atom. The molecule has 0 unspecified atom stereocenters. The second-order valence-corrected chi connectivity index (χ2v) is 7.14. The van der Waals surface area contributed by atoms with Crippen molar-refractivity contribution in [3.63, 3.8) is 0 Å². The van der Waals surface area contributed by atoms with Crippen LogP contribution in [0, 0.1) is 13.8 Å². The molecule has 0 amide bonds. The Morgan fingerprint density at radius 2 is 1.04 bits per heavy atom. The standard InChI is InChI=1S/C28H24/c1-21-12-6-9-17-25(21)28(26-18-10-7-13-22(26)2)20-24-16-8-11-19-27(24)23-14-4-3-5-15-23/h3-20H,1-2H3. The van der Waals surface area contributed by atoms with E-state index in [9.17, 15) is 0 Å². The van der Waals surface area contributed by atoms with E-state index in [1.807, 2.05) is 0 Å². The molecule has 0 saturated carbocycles. The van der Waals surface area contributed by atoms with Gasteiger partial charge in [0.15, 0.2) is 0 Å². The largest absolute Gasteiger partial charge is 0.0622 e. The first-order chi connectivity index (χ1) is 13.7.